The minimum absolute atomic E-state index is 0.422. The molecule has 140 valence electrons. The first-order chi connectivity index (χ1) is 12.3. The van der Waals surface area contributed by atoms with Crippen molar-refractivity contribution < 1.29 is 8.78 Å². The van der Waals surface area contributed by atoms with Crippen LogP contribution < -0.4 is 0 Å². The summed E-state index contributed by atoms with van der Waals surface area (Å²) in [6.07, 6.45) is 8.07. The Bertz CT molecular complexity index is 745. The maximum Gasteiger partial charge on any atom is 0.301 e. The number of hydrogen-bond donors (Lipinski definition) is 0. The third-order valence-corrected chi connectivity index (χ3v) is 6.31. The molecule has 0 aromatic heterocycles. The SMILES string of the molecule is C=C(CCC(=C)c1ccc2c(c1)SC(F)(F)C(C)C2)C(/C=C/C)=C/SC. The van der Waals surface area contributed by atoms with Crippen molar-refractivity contribution in [3.8, 4) is 0 Å². The standard InChI is InChI=1S/C22H26F2S2/c1-6-7-20(14-25-5)16(3)9-8-15(2)18-10-11-19-12-17(4)22(23,24)26-21(19)13-18/h6-7,10-11,13-14,17H,2-3,8-9,12H2,1,4-5H3/b7-6+,20-14+. The van der Waals surface area contributed by atoms with Gasteiger partial charge in [-0.15, -0.1) is 11.8 Å². The van der Waals surface area contributed by atoms with Crippen LogP contribution in [0.4, 0.5) is 8.78 Å². The summed E-state index contributed by atoms with van der Waals surface area (Å²) in [5.74, 6) is -0.634. The van der Waals surface area contributed by atoms with Gasteiger partial charge in [0.05, 0.1) is 0 Å². The number of allylic oxidation sites excluding steroid dienone is 5. The molecule has 0 radical (unpaired) electrons. The smallest absolute Gasteiger partial charge is 0.194 e. The van der Waals surface area contributed by atoms with Gasteiger partial charge in [0.25, 0.3) is 0 Å². The van der Waals surface area contributed by atoms with Crippen LogP contribution in [0.2, 0.25) is 0 Å². The summed E-state index contributed by atoms with van der Waals surface area (Å²) in [4.78, 5) is 0.683. The van der Waals surface area contributed by atoms with E-state index in [9.17, 15) is 8.78 Å². The summed E-state index contributed by atoms with van der Waals surface area (Å²) in [7, 11) is 0. The van der Waals surface area contributed by atoms with Gasteiger partial charge in [0.2, 0.25) is 0 Å². The molecular formula is C22H26F2S2. The quantitative estimate of drug-likeness (QED) is 0.435. The second-order valence-corrected chi connectivity index (χ2v) is 8.50. The molecule has 2 rings (SSSR count). The minimum atomic E-state index is -2.70. The molecule has 1 heterocycles. The monoisotopic (exact) mass is 392 g/mol. The fourth-order valence-corrected chi connectivity index (χ4v) is 4.42. The van der Waals surface area contributed by atoms with Crippen molar-refractivity contribution in [2.24, 2.45) is 5.92 Å². The van der Waals surface area contributed by atoms with Gasteiger partial charge in [0, 0.05) is 10.8 Å². The van der Waals surface area contributed by atoms with Gasteiger partial charge >= 0.3 is 5.25 Å². The van der Waals surface area contributed by atoms with Crippen LogP contribution >= 0.6 is 23.5 Å². The zero-order chi connectivity index (χ0) is 19.3. The second-order valence-electron chi connectivity index (χ2n) is 6.61. The van der Waals surface area contributed by atoms with Crippen LogP contribution in [0.15, 0.2) is 65.0 Å². The van der Waals surface area contributed by atoms with Crippen molar-refractivity contribution in [3.05, 3.63) is 71.2 Å². The molecule has 1 aliphatic heterocycles. The lowest BCUT2D eigenvalue weighted by molar-refractivity contribution is 0.0430. The first-order valence-corrected chi connectivity index (χ1v) is 10.8. The molecule has 0 saturated carbocycles. The van der Waals surface area contributed by atoms with Crippen LogP contribution in [0, 0.1) is 5.92 Å². The Labute approximate surface area is 164 Å². The predicted octanol–water partition coefficient (Wildman–Crippen LogP) is 7.74. The number of alkyl halides is 2. The van der Waals surface area contributed by atoms with Crippen molar-refractivity contribution in [1.82, 2.24) is 0 Å². The highest BCUT2D eigenvalue weighted by Crippen LogP contribution is 2.49. The predicted molar refractivity (Wildman–Crippen MR) is 114 cm³/mol. The molecule has 0 spiro atoms. The lowest BCUT2D eigenvalue weighted by atomic mass is 9.94. The van der Waals surface area contributed by atoms with Crippen LogP contribution in [0.25, 0.3) is 5.57 Å². The summed E-state index contributed by atoms with van der Waals surface area (Å²) >= 11 is 2.34. The molecule has 0 fully saturated rings. The molecular weight excluding hydrogens is 366 g/mol. The molecule has 0 nitrogen and oxygen atoms in total. The molecule has 26 heavy (non-hydrogen) atoms. The number of halogens is 2. The normalized spacial score (nSPS) is 19.4. The van der Waals surface area contributed by atoms with Crippen molar-refractivity contribution in [2.75, 3.05) is 6.26 Å². The van der Waals surface area contributed by atoms with Gasteiger partial charge in [-0.05, 0) is 71.8 Å². The van der Waals surface area contributed by atoms with Gasteiger partial charge in [-0.3, -0.25) is 0 Å². The Kier molecular flexibility index (Phi) is 7.36. The number of fused-ring (bicyclic) bond motifs is 1. The van der Waals surface area contributed by atoms with E-state index < -0.39 is 11.2 Å². The molecule has 0 N–H and O–H groups in total. The molecule has 4 heteroatoms. The van der Waals surface area contributed by atoms with Gasteiger partial charge in [0.15, 0.2) is 0 Å². The summed E-state index contributed by atoms with van der Waals surface area (Å²) < 4.78 is 28.0. The summed E-state index contributed by atoms with van der Waals surface area (Å²) in [6, 6.07) is 5.85. The van der Waals surface area contributed by atoms with E-state index in [1.54, 1.807) is 18.7 Å². The molecule has 1 aromatic rings. The van der Waals surface area contributed by atoms with Gasteiger partial charge in [-0.25, -0.2) is 0 Å². The highest BCUT2D eigenvalue weighted by atomic mass is 32.2. The zero-order valence-corrected chi connectivity index (χ0v) is 17.3. The molecule has 0 saturated heterocycles. The maximum absolute atomic E-state index is 14.0. The Balaban J connectivity index is 2.07. The van der Waals surface area contributed by atoms with Crippen LogP contribution in [-0.2, 0) is 6.42 Å². The summed E-state index contributed by atoms with van der Waals surface area (Å²) in [5.41, 5.74) is 5.10. The van der Waals surface area contributed by atoms with Crippen LogP contribution in [0.3, 0.4) is 0 Å². The van der Waals surface area contributed by atoms with Crippen molar-refractivity contribution in [3.63, 3.8) is 0 Å². The summed E-state index contributed by atoms with van der Waals surface area (Å²) in [5, 5.41) is -0.616. The van der Waals surface area contributed by atoms with E-state index in [-0.39, 0.29) is 0 Å². The third kappa shape index (κ3) is 5.14. The molecule has 0 amide bonds. The molecule has 1 unspecified atom stereocenters. The first-order valence-electron chi connectivity index (χ1n) is 8.70. The van der Waals surface area contributed by atoms with E-state index in [0.717, 1.165) is 40.7 Å². The Morgan fingerprint density at radius 2 is 2.08 bits per heavy atom. The second kappa shape index (κ2) is 9.09. The lowest BCUT2D eigenvalue weighted by Crippen LogP contribution is -2.27. The topological polar surface area (TPSA) is 0 Å². The molecule has 0 aliphatic carbocycles. The number of rotatable bonds is 7. The maximum atomic E-state index is 14.0. The van der Waals surface area contributed by atoms with Crippen molar-refractivity contribution in [1.29, 1.82) is 0 Å². The molecule has 0 bridgehead atoms. The fraction of sp³-hybridized carbons (Fsp3) is 0.364. The van der Waals surface area contributed by atoms with Gasteiger partial charge in [-0.2, -0.15) is 8.78 Å². The fourth-order valence-electron chi connectivity index (χ4n) is 2.87. The van der Waals surface area contributed by atoms with Crippen LogP contribution in [0.5, 0.6) is 0 Å². The average Bonchev–Trinajstić information content (AvgIpc) is 2.59. The van der Waals surface area contributed by atoms with E-state index in [4.69, 9.17) is 0 Å². The van der Waals surface area contributed by atoms with Crippen molar-refractivity contribution in [2.45, 2.75) is 43.3 Å². The summed E-state index contributed by atoms with van der Waals surface area (Å²) in [6.45, 7) is 11.9. The van der Waals surface area contributed by atoms with E-state index in [1.165, 1.54) is 0 Å². The highest BCUT2D eigenvalue weighted by Gasteiger charge is 2.41. The van der Waals surface area contributed by atoms with Gasteiger partial charge < -0.3 is 0 Å². The average molecular weight is 393 g/mol. The molecule has 1 atom stereocenters. The van der Waals surface area contributed by atoms with Crippen LogP contribution in [-0.4, -0.2) is 11.5 Å². The Morgan fingerprint density at radius 1 is 1.35 bits per heavy atom. The number of benzene rings is 1. The van der Waals surface area contributed by atoms with E-state index in [1.807, 2.05) is 37.5 Å². The zero-order valence-electron chi connectivity index (χ0n) is 15.6. The van der Waals surface area contributed by atoms with Gasteiger partial charge in [0.1, 0.15) is 0 Å². The van der Waals surface area contributed by atoms with Gasteiger partial charge in [-0.1, -0.05) is 56.1 Å². The minimum Gasteiger partial charge on any atom is -0.194 e. The molecule has 1 aromatic carbocycles. The highest BCUT2D eigenvalue weighted by molar-refractivity contribution is 8.01. The Hall–Kier alpha value is -1.26. The number of thioether (sulfide) groups is 2. The van der Waals surface area contributed by atoms with Crippen molar-refractivity contribution >= 4 is 29.1 Å². The number of hydrogen-bond acceptors (Lipinski definition) is 2. The van der Waals surface area contributed by atoms with Crippen LogP contribution in [0.1, 0.15) is 37.8 Å². The van der Waals surface area contributed by atoms with E-state index in [0.29, 0.717) is 23.1 Å². The Morgan fingerprint density at radius 3 is 2.73 bits per heavy atom. The van der Waals surface area contributed by atoms with E-state index in [2.05, 4.69) is 24.6 Å². The molecule has 1 aliphatic rings. The third-order valence-electron chi connectivity index (χ3n) is 4.55. The van der Waals surface area contributed by atoms with E-state index >= 15 is 0 Å². The lowest BCUT2D eigenvalue weighted by Gasteiger charge is -2.30. The first kappa shape index (κ1) is 21.0. The largest absolute Gasteiger partial charge is 0.301 e.